The molecule has 8 heteroatoms. The van der Waals surface area contributed by atoms with Gasteiger partial charge < -0.3 is 10.2 Å². The molecule has 1 unspecified atom stereocenters. The third kappa shape index (κ3) is 7.32. The van der Waals surface area contributed by atoms with Crippen molar-refractivity contribution in [2.45, 2.75) is 59.5 Å². The quantitative estimate of drug-likeness (QED) is 0.493. The van der Waals surface area contributed by atoms with Crippen LogP contribution in [0, 0.1) is 13.8 Å². The number of likely N-dealkylation sites (N-methyl/N-ethyl adjacent to an activating group) is 1. The molecule has 0 spiro atoms. The zero-order valence-electron chi connectivity index (χ0n) is 20.9. The van der Waals surface area contributed by atoms with Gasteiger partial charge in [0, 0.05) is 26.1 Å². The Hall–Kier alpha value is -2.87. The van der Waals surface area contributed by atoms with Crippen LogP contribution in [0.2, 0.25) is 0 Å². The van der Waals surface area contributed by atoms with E-state index in [0.717, 1.165) is 16.7 Å². The number of benzene rings is 2. The maximum Gasteiger partial charge on any atom is 0.242 e. The van der Waals surface area contributed by atoms with Crippen LogP contribution in [0.3, 0.4) is 0 Å². The van der Waals surface area contributed by atoms with Crippen LogP contribution in [0.5, 0.6) is 0 Å². The van der Waals surface area contributed by atoms with Gasteiger partial charge in [-0.3, -0.25) is 13.9 Å². The second-order valence-corrected chi connectivity index (χ2v) is 10.4. The number of hydrogen-bond acceptors (Lipinski definition) is 4. The molecule has 0 aliphatic carbocycles. The van der Waals surface area contributed by atoms with Gasteiger partial charge in [-0.2, -0.15) is 0 Å². The molecule has 0 aliphatic heterocycles. The van der Waals surface area contributed by atoms with Crippen LogP contribution >= 0.6 is 0 Å². The second kappa shape index (κ2) is 12.6. The minimum atomic E-state index is -3.52. The topological polar surface area (TPSA) is 86.8 Å². The summed E-state index contributed by atoms with van der Waals surface area (Å²) in [6.07, 6.45) is 2.15. The lowest BCUT2D eigenvalue weighted by Gasteiger charge is -2.31. The first kappa shape index (κ1) is 27.4. The van der Waals surface area contributed by atoms with Gasteiger partial charge in [-0.05, 0) is 56.4 Å². The van der Waals surface area contributed by atoms with E-state index in [9.17, 15) is 18.0 Å². The second-order valence-electron chi connectivity index (χ2n) is 8.48. The third-order valence-corrected chi connectivity index (χ3v) is 7.11. The van der Waals surface area contributed by atoms with Crippen molar-refractivity contribution >= 4 is 27.5 Å². The van der Waals surface area contributed by atoms with Crippen LogP contribution in [0.4, 0.5) is 5.69 Å². The number of sulfonamides is 1. The number of anilines is 1. The maximum atomic E-state index is 13.3. The molecule has 0 saturated carbocycles. The Bertz CT molecular complexity index is 1070. The molecule has 2 aromatic carbocycles. The molecule has 2 amide bonds. The van der Waals surface area contributed by atoms with Gasteiger partial charge in [-0.1, -0.05) is 49.4 Å². The molecule has 0 bridgehead atoms. The molecule has 0 aliphatic rings. The Kier molecular flexibility index (Phi) is 10.1. The van der Waals surface area contributed by atoms with E-state index in [4.69, 9.17) is 0 Å². The van der Waals surface area contributed by atoms with Gasteiger partial charge in [0.05, 0.1) is 11.9 Å². The van der Waals surface area contributed by atoms with Crippen LogP contribution in [-0.2, 0) is 26.2 Å². The molecule has 34 heavy (non-hydrogen) atoms. The number of aryl methyl sites for hydroxylation is 1. The van der Waals surface area contributed by atoms with Crippen LogP contribution in [0.25, 0.3) is 0 Å². The average Bonchev–Trinajstić information content (AvgIpc) is 2.79. The highest BCUT2D eigenvalue weighted by Gasteiger charge is 2.28. The van der Waals surface area contributed by atoms with Crippen molar-refractivity contribution in [2.75, 3.05) is 23.7 Å². The molecule has 0 fully saturated rings. The largest absolute Gasteiger partial charge is 0.355 e. The van der Waals surface area contributed by atoms with E-state index in [2.05, 4.69) is 5.32 Å². The van der Waals surface area contributed by atoms with Crippen molar-refractivity contribution < 1.29 is 18.0 Å². The molecule has 0 aromatic heterocycles. The van der Waals surface area contributed by atoms with Gasteiger partial charge in [-0.15, -0.1) is 0 Å². The SMILES string of the molecule is CCNC(=O)C(CC)N(Cc1ccccc1)C(=O)CCCN(c1cccc(C)c1C)S(C)(=O)=O. The Balaban J connectivity index is 2.21. The van der Waals surface area contributed by atoms with E-state index in [1.54, 1.807) is 11.0 Å². The highest BCUT2D eigenvalue weighted by atomic mass is 32.2. The molecule has 1 N–H and O–H groups in total. The minimum Gasteiger partial charge on any atom is -0.355 e. The molecule has 0 heterocycles. The molecule has 2 aromatic rings. The summed E-state index contributed by atoms with van der Waals surface area (Å²) < 4.78 is 26.4. The van der Waals surface area contributed by atoms with Crippen molar-refractivity contribution in [3.05, 3.63) is 65.2 Å². The first-order chi connectivity index (χ1) is 16.1. The van der Waals surface area contributed by atoms with Gasteiger partial charge in [0.2, 0.25) is 21.8 Å². The zero-order valence-corrected chi connectivity index (χ0v) is 21.7. The predicted molar refractivity (Wildman–Crippen MR) is 137 cm³/mol. The van der Waals surface area contributed by atoms with E-state index in [-0.39, 0.29) is 24.8 Å². The highest BCUT2D eigenvalue weighted by molar-refractivity contribution is 7.92. The molecule has 2 rings (SSSR count). The standard InChI is InChI=1S/C26H37N3O4S/c1-6-23(26(31)27-7-2)28(19-22-14-9-8-10-15-22)25(30)17-12-18-29(34(5,32)33)24-16-11-13-20(3)21(24)4/h8-11,13-16,23H,6-7,12,17-19H2,1-5H3,(H,27,31). The smallest absolute Gasteiger partial charge is 0.242 e. The van der Waals surface area contributed by atoms with E-state index in [0.29, 0.717) is 31.6 Å². The van der Waals surface area contributed by atoms with Crippen LogP contribution in [0.15, 0.2) is 48.5 Å². The Morgan fingerprint density at radius 3 is 2.26 bits per heavy atom. The minimum absolute atomic E-state index is 0.139. The summed E-state index contributed by atoms with van der Waals surface area (Å²) in [7, 11) is -3.52. The number of nitrogens with zero attached hydrogens (tertiary/aromatic N) is 2. The molecule has 186 valence electrons. The summed E-state index contributed by atoms with van der Waals surface area (Å²) in [6, 6.07) is 14.5. The summed E-state index contributed by atoms with van der Waals surface area (Å²) in [5.74, 6) is -0.348. The fourth-order valence-electron chi connectivity index (χ4n) is 3.98. The third-order valence-electron chi connectivity index (χ3n) is 5.93. The summed E-state index contributed by atoms with van der Waals surface area (Å²) in [5, 5.41) is 2.82. The fourth-order valence-corrected chi connectivity index (χ4v) is 5.00. The fraction of sp³-hybridized carbons (Fsp3) is 0.462. The Morgan fingerprint density at radius 1 is 1.00 bits per heavy atom. The number of rotatable bonds is 12. The lowest BCUT2D eigenvalue weighted by molar-refractivity contribution is -0.141. The van der Waals surface area contributed by atoms with E-state index in [1.165, 1.54) is 10.6 Å². The summed E-state index contributed by atoms with van der Waals surface area (Å²) >= 11 is 0. The molecule has 0 saturated heterocycles. The summed E-state index contributed by atoms with van der Waals surface area (Å²) in [4.78, 5) is 27.6. The maximum absolute atomic E-state index is 13.3. The lowest BCUT2D eigenvalue weighted by Crippen LogP contribution is -2.49. The van der Waals surface area contributed by atoms with E-state index in [1.807, 2.05) is 70.2 Å². The predicted octanol–water partition coefficient (Wildman–Crippen LogP) is 3.79. The van der Waals surface area contributed by atoms with Crippen molar-refractivity contribution in [1.82, 2.24) is 10.2 Å². The highest BCUT2D eigenvalue weighted by Crippen LogP contribution is 2.25. The zero-order chi connectivity index (χ0) is 25.3. The van der Waals surface area contributed by atoms with Crippen LogP contribution in [0.1, 0.15) is 49.8 Å². The van der Waals surface area contributed by atoms with E-state index >= 15 is 0 Å². The first-order valence-corrected chi connectivity index (χ1v) is 13.6. The van der Waals surface area contributed by atoms with Crippen LogP contribution in [-0.4, -0.2) is 50.5 Å². The van der Waals surface area contributed by atoms with Gasteiger partial charge in [-0.25, -0.2) is 8.42 Å². The summed E-state index contributed by atoms with van der Waals surface area (Å²) in [5.41, 5.74) is 3.47. The molecular weight excluding hydrogens is 450 g/mol. The van der Waals surface area contributed by atoms with Gasteiger partial charge in [0.25, 0.3) is 0 Å². The number of hydrogen-bond donors (Lipinski definition) is 1. The van der Waals surface area contributed by atoms with Crippen LogP contribution < -0.4 is 9.62 Å². The van der Waals surface area contributed by atoms with Crippen molar-refractivity contribution in [3.63, 3.8) is 0 Å². The average molecular weight is 488 g/mol. The van der Waals surface area contributed by atoms with E-state index < -0.39 is 16.1 Å². The molecule has 1 atom stereocenters. The normalized spacial score (nSPS) is 12.1. The van der Waals surface area contributed by atoms with Crippen molar-refractivity contribution in [1.29, 1.82) is 0 Å². The van der Waals surface area contributed by atoms with Gasteiger partial charge in [0.1, 0.15) is 6.04 Å². The summed E-state index contributed by atoms with van der Waals surface area (Å²) in [6.45, 7) is 8.57. The van der Waals surface area contributed by atoms with Gasteiger partial charge >= 0.3 is 0 Å². The number of amides is 2. The molecule has 7 nitrogen and oxygen atoms in total. The molecule has 0 radical (unpaired) electrons. The lowest BCUT2D eigenvalue weighted by atomic mass is 10.1. The molecular formula is C26H37N3O4S. The number of carbonyl (C=O) groups excluding carboxylic acids is 2. The first-order valence-electron chi connectivity index (χ1n) is 11.7. The number of carbonyl (C=O) groups is 2. The Morgan fingerprint density at radius 2 is 1.68 bits per heavy atom. The van der Waals surface area contributed by atoms with Crippen molar-refractivity contribution in [3.8, 4) is 0 Å². The Labute approximate surface area is 204 Å². The number of nitrogens with one attached hydrogen (secondary N) is 1. The van der Waals surface area contributed by atoms with Crippen molar-refractivity contribution in [2.24, 2.45) is 0 Å². The van der Waals surface area contributed by atoms with Gasteiger partial charge in [0.15, 0.2) is 0 Å². The monoisotopic (exact) mass is 487 g/mol.